The summed E-state index contributed by atoms with van der Waals surface area (Å²) >= 11 is 0. The van der Waals surface area contributed by atoms with Gasteiger partial charge in [-0.2, -0.15) is 0 Å². The molecule has 1 fully saturated rings. The van der Waals surface area contributed by atoms with Gasteiger partial charge in [0.25, 0.3) is 0 Å². The Morgan fingerprint density at radius 3 is 2.52 bits per heavy atom. The summed E-state index contributed by atoms with van der Waals surface area (Å²) in [5.41, 5.74) is 0.517. The van der Waals surface area contributed by atoms with Crippen LogP contribution in [0.4, 0.5) is 0 Å². The first-order chi connectivity index (χ1) is 10.8. The number of ether oxygens (including phenoxy) is 1. The van der Waals surface area contributed by atoms with E-state index in [1.165, 1.54) is 12.1 Å². The highest BCUT2D eigenvalue weighted by Gasteiger charge is 2.36. The first kappa shape index (κ1) is 18.4. The zero-order valence-electron chi connectivity index (χ0n) is 13.6. The van der Waals surface area contributed by atoms with Gasteiger partial charge in [-0.3, -0.25) is 4.90 Å². The SMILES string of the molecule is CC(C)CS(=O)(=O)c1ccc(C2(O)CN(CCO)CCO2)cc1. The maximum atomic E-state index is 12.2. The Kier molecular flexibility index (Phi) is 5.80. The van der Waals surface area contributed by atoms with Gasteiger partial charge < -0.3 is 14.9 Å². The summed E-state index contributed by atoms with van der Waals surface area (Å²) in [5, 5.41) is 19.7. The summed E-state index contributed by atoms with van der Waals surface area (Å²) in [4.78, 5) is 2.16. The van der Waals surface area contributed by atoms with Gasteiger partial charge in [-0.1, -0.05) is 26.0 Å². The number of benzene rings is 1. The van der Waals surface area contributed by atoms with Crippen LogP contribution in [0.2, 0.25) is 0 Å². The van der Waals surface area contributed by atoms with E-state index >= 15 is 0 Å². The van der Waals surface area contributed by atoms with Crippen molar-refractivity contribution >= 4 is 9.84 Å². The quantitative estimate of drug-likeness (QED) is 0.786. The molecule has 1 aliphatic rings. The van der Waals surface area contributed by atoms with Gasteiger partial charge in [0.05, 0.1) is 30.4 Å². The van der Waals surface area contributed by atoms with E-state index in [-0.39, 0.29) is 29.7 Å². The second-order valence-electron chi connectivity index (χ2n) is 6.33. The predicted octanol–water partition coefficient (Wildman–Crippen LogP) is 0.586. The molecule has 2 rings (SSSR count). The average Bonchev–Trinajstić information content (AvgIpc) is 2.46. The molecule has 6 nitrogen and oxygen atoms in total. The average molecular weight is 343 g/mol. The molecule has 2 N–H and O–H groups in total. The second-order valence-corrected chi connectivity index (χ2v) is 8.37. The number of hydrogen-bond donors (Lipinski definition) is 2. The highest BCUT2D eigenvalue weighted by Crippen LogP contribution is 2.28. The van der Waals surface area contributed by atoms with Gasteiger partial charge in [0, 0.05) is 18.7 Å². The molecule has 1 aliphatic heterocycles. The van der Waals surface area contributed by atoms with Crippen molar-refractivity contribution in [2.24, 2.45) is 5.92 Å². The van der Waals surface area contributed by atoms with Gasteiger partial charge in [0.1, 0.15) is 0 Å². The van der Waals surface area contributed by atoms with Crippen molar-refractivity contribution in [1.82, 2.24) is 4.90 Å². The lowest BCUT2D eigenvalue weighted by Crippen LogP contribution is -2.50. The van der Waals surface area contributed by atoms with E-state index in [1.54, 1.807) is 12.1 Å². The summed E-state index contributed by atoms with van der Waals surface area (Å²) in [6.45, 7) is 5.44. The summed E-state index contributed by atoms with van der Waals surface area (Å²) in [5.74, 6) is -1.33. The number of β-amino-alcohol motifs (C(OH)–C–C–N with tert-alkyl or cyclic N) is 2. The van der Waals surface area contributed by atoms with Crippen LogP contribution in [0.5, 0.6) is 0 Å². The van der Waals surface area contributed by atoms with Crippen LogP contribution in [0.25, 0.3) is 0 Å². The molecule has 0 amide bonds. The molecule has 0 radical (unpaired) electrons. The number of aliphatic hydroxyl groups is 2. The number of nitrogens with zero attached hydrogens (tertiary/aromatic N) is 1. The first-order valence-electron chi connectivity index (χ1n) is 7.80. The fourth-order valence-corrected chi connectivity index (χ4v) is 4.36. The third kappa shape index (κ3) is 4.51. The molecule has 1 aromatic rings. The molecule has 1 atom stereocenters. The van der Waals surface area contributed by atoms with Crippen molar-refractivity contribution in [1.29, 1.82) is 0 Å². The van der Waals surface area contributed by atoms with Crippen LogP contribution in [0, 0.1) is 5.92 Å². The molecule has 23 heavy (non-hydrogen) atoms. The first-order valence-corrected chi connectivity index (χ1v) is 9.45. The maximum Gasteiger partial charge on any atom is 0.205 e. The van der Waals surface area contributed by atoms with Gasteiger partial charge in [0.15, 0.2) is 9.84 Å². The maximum absolute atomic E-state index is 12.2. The van der Waals surface area contributed by atoms with Crippen molar-refractivity contribution in [2.75, 3.05) is 38.6 Å². The van der Waals surface area contributed by atoms with Crippen LogP contribution in [0.1, 0.15) is 19.4 Å². The summed E-state index contributed by atoms with van der Waals surface area (Å²) in [6, 6.07) is 6.21. The summed E-state index contributed by atoms with van der Waals surface area (Å²) in [7, 11) is -3.31. The van der Waals surface area contributed by atoms with E-state index in [2.05, 4.69) is 0 Å². The Labute approximate surface area is 137 Å². The van der Waals surface area contributed by atoms with Crippen LogP contribution in [-0.4, -0.2) is 62.1 Å². The minimum atomic E-state index is -3.31. The number of rotatable bonds is 6. The molecule has 1 aromatic carbocycles. The normalized spacial score (nSPS) is 23.3. The van der Waals surface area contributed by atoms with Crippen LogP contribution in [-0.2, 0) is 20.4 Å². The molecule has 0 saturated carbocycles. The van der Waals surface area contributed by atoms with Crippen LogP contribution in [0.3, 0.4) is 0 Å². The lowest BCUT2D eigenvalue weighted by molar-refractivity contribution is -0.248. The molecule has 7 heteroatoms. The third-order valence-corrected chi connectivity index (χ3v) is 5.92. The standard InChI is InChI=1S/C16H25NO5S/c1-13(2)11-23(20,21)15-5-3-14(4-6-15)16(19)12-17(7-9-18)8-10-22-16/h3-6,13,18-19H,7-12H2,1-2H3. The number of hydrogen-bond acceptors (Lipinski definition) is 6. The molecule has 1 heterocycles. The lowest BCUT2D eigenvalue weighted by Gasteiger charge is -2.39. The highest BCUT2D eigenvalue weighted by molar-refractivity contribution is 7.91. The number of sulfone groups is 1. The zero-order chi connectivity index (χ0) is 17.1. The predicted molar refractivity (Wildman–Crippen MR) is 86.7 cm³/mol. The van der Waals surface area contributed by atoms with Crippen molar-refractivity contribution in [3.8, 4) is 0 Å². The van der Waals surface area contributed by atoms with E-state index in [1.807, 2.05) is 18.7 Å². The van der Waals surface area contributed by atoms with Gasteiger partial charge in [-0.05, 0) is 18.1 Å². The largest absolute Gasteiger partial charge is 0.395 e. The van der Waals surface area contributed by atoms with E-state index in [0.717, 1.165) is 0 Å². The molecule has 1 unspecified atom stereocenters. The molecular formula is C16H25NO5S. The van der Waals surface area contributed by atoms with Crippen molar-refractivity contribution in [3.63, 3.8) is 0 Å². The van der Waals surface area contributed by atoms with Gasteiger partial charge >= 0.3 is 0 Å². The molecule has 0 aromatic heterocycles. The van der Waals surface area contributed by atoms with E-state index < -0.39 is 15.6 Å². The van der Waals surface area contributed by atoms with Crippen molar-refractivity contribution in [2.45, 2.75) is 24.5 Å². The zero-order valence-corrected chi connectivity index (χ0v) is 14.4. The fourth-order valence-electron chi connectivity index (χ4n) is 2.74. The molecular weight excluding hydrogens is 318 g/mol. The van der Waals surface area contributed by atoms with E-state index in [0.29, 0.717) is 25.3 Å². The lowest BCUT2D eigenvalue weighted by atomic mass is 10.0. The Morgan fingerprint density at radius 1 is 1.30 bits per heavy atom. The van der Waals surface area contributed by atoms with E-state index in [4.69, 9.17) is 9.84 Å². The Bertz CT molecular complexity index is 612. The topological polar surface area (TPSA) is 87.1 Å². The van der Waals surface area contributed by atoms with Crippen LogP contribution in [0.15, 0.2) is 29.2 Å². The Balaban J connectivity index is 2.18. The monoisotopic (exact) mass is 343 g/mol. The molecule has 130 valence electrons. The van der Waals surface area contributed by atoms with E-state index in [9.17, 15) is 13.5 Å². The molecule has 0 aliphatic carbocycles. The van der Waals surface area contributed by atoms with Crippen molar-refractivity contribution < 1.29 is 23.4 Å². The molecule has 1 saturated heterocycles. The summed E-state index contributed by atoms with van der Waals surface area (Å²) < 4.78 is 29.9. The minimum absolute atomic E-state index is 0.0163. The van der Waals surface area contributed by atoms with Gasteiger partial charge in [-0.25, -0.2) is 8.42 Å². The minimum Gasteiger partial charge on any atom is -0.395 e. The smallest absolute Gasteiger partial charge is 0.205 e. The van der Waals surface area contributed by atoms with Crippen LogP contribution >= 0.6 is 0 Å². The highest BCUT2D eigenvalue weighted by atomic mass is 32.2. The number of aliphatic hydroxyl groups excluding tert-OH is 1. The fraction of sp³-hybridized carbons (Fsp3) is 0.625. The molecule has 0 bridgehead atoms. The Morgan fingerprint density at radius 2 is 1.96 bits per heavy atom. The Hall–Kier alpha value is -0.990. The van der Waals surface area contributed by atoms with Gasteiger partial charge in [0.2, 0.25) is 5.79 Å². The van der Waals surface area contributed by atoms with Gasteiger partial charge in [-0.15, -0.1) is 0 Å². The summed E-state index contributed by atoms with van der Waals surface area (Å²) in [6.07, 6.45) is 0. The van der Waals surface area contributed by atoms with Crippen LogP contribution < -0.4 is 0 Å². The number of morpholine rings is 1. The third-order valence-electron chi connectivity index (χ3n) is 3.82. The van der Waals surface area contributed by atoms with Crippen molar-refractivity contribution in [3.05, 3.63) is 29.8 Å². The molecule has 0 spiro atoms. The second kappa shape index (κ2) is 7.27.